The number of nitrogens with zero attached hydrogens (tertiary/aromatic N) is 2. The number of aromatic nitrogens is 1. The van der Waals surface area contributed by atoms with Crippen molar-refractivity contribution in [1.82, 2.24) is 20.1 Å². The molecule has 0 atom stereocenters. The summed E-state index contributed by atoms with van der Waals surface area (Å²) in [5, 5.41) is 2.84. The molecule has 2 aromatic heterocycles. The van der Waals surface area contributed by atoms with Gasteiger partial charge in [-0.2, -0.15) is 4.31 Å². The quantitative estimate of drug-likeness (QED) is 0.475. The average Bonchev–Trinajstić information content (AvgIpc) is 3.49. The van der Waals surface area contributed by atoms with Crippen LogP contribution in [0.25, 0.3) is 0 Å². The van der Waals surface area contributed by atoms with Crippen LogP contribution in [0.5, 0.6) is 0 Å². The Morgan fingerprint density at radius 1 is 1.09 bits per heavy atom. The third-order valence-corrected chi connectivity index (χ3v) is 9.90. The van der Waals surface area contributed by atoms with Crippen molar-refractivity contribution in [2.45, 2.75) is 37.5 Å². The number of sulfonamides is 1. The number of halogens is 1. The molecule has 0 saturated carbocycles. The molecule has 34 heavy (non-hydrogen) atoms. The van der Waals surface area contributed by atoms with Crippen LogP contribution in [0.4, 0.5) is 0 Å². The summed E-state index contributed by atoms with van der Waals surface area (Å²) in [7, 11) is -3.62. The Balaban J connectivity index is 1.33. The number of nitrogens with one attached hydrogen (secondary N) is 2. The minimum Gasteiger partial charge on any atom is -0.266 e. The van der Waals surface area contributed by atoms with Crippen molar-refractivity contribution >= 4 is 56.1 Å². The van der Waals surface area contributed by atoms with Gasteiger partial charge in [0, 0.05) is 34.3 Å². The smallest absolute Gasteiger partial charge is 0.266 e. The average molecular weight is 539 g/mol. The first-order chi connectivity index (χ1) is 16.1. The highest BCUT2D eigenvalue weighted by molar-refractivity contribution is 7.89. The van der Waals surface area contributed by atoms with Gasteiger partial charge >= 0.3 is 0 Å². The van der Waals surface area contributed by atoms with Gasteiger partial charge in [0.2, 0.25) is 10.0 Å². The first-order valence-corrected chi connectivity index (χ1v) is 14.1. The normalized spacial score (nSPS) is 15.3. The molecule has 0 bridgehead atoms. The standard InChI is InChI=1S/C22H23ClN4O4S3/c1-13-3-5-16(11-17(13)23)34(30,31)27-9-7-15(8-10-27)22-24-18(12-32-22)20(28)25-26-21(29)19-6-4-14(2)33-19/h3-6,11-12,15H,7-10H2,1-2H3,(H,25,28)(H,26,29). The van der Waals surface area contributed by atoms with Crippen molar-refractivity contribution in [3.8, 4) is 0 Å². The van der Waals surface area contributed by atoms with Crippen LogP contribution in [-0.2, 0) is 10.0 Å². The molecule has 0 spiro atoms. The fourth-order valence-electron chi connectivity index (χ4n) is 3.60. The van der Waals surface area contributed by atoms with Gasteiger partial charge in [-0.3, -0.25) is 20.4 Å². The highest BCUT2D eigenvalue weighted by atomic mass is 35.5. The van der Waals surface area contributed by atoms with Gasteiger partial charge in [0.15, 0.2) is 0 Å². The molecule has 2 N–H and O–H groups in total. The minimum atomic E-state index is -3.62. The van der Waals surface area contributed by atoms with Crippen LogP contribution in [-0.4, -0.2) is 42.6 Å². The number of carbonyl (C=O) groups is 2. The third-order valence-electron chi connectivity index (χ3n) is 5.59. The molecular formula is C22H23ClN4O4S3. The van der Waals surface area contributed by atoms with Crippen molar-refractivity contribution in [1.29, 1.82) is 0 Å². The first-order valence-electron chi connectivity index (χ1n) is 10.5. The maximum Gasteiger partial charge on any atom is 0.289 e. The number of rotatable bonds is 5. The van der Waals surface area contributed by atoms with Gasteiger partial charge in [0.25, 0.3) is 11.8 Å². The summed E-state index contributed by atoms with van der Waals surface area (Å²) >= 11 is 8.81. The highest BCUT2D eigenvalue weighted by Crippen LogP contribution is 2.33. The molecular weight excluding hydrogens is 516 g/mol. The summed E-state index contributed by atoms with van der Waals surface area (Å²) in [5.74, 6) is -0.825. The zero-order chi connectivity index (χ0) is 24.5. The van der Waals surface area contributed by atoms with Gasteiger partial charge in [-0.1, -0.05) is 17.7 Å². The van der Waals surface area contributed by atoms with Gasteiger partial charge in [0.1, 0.15) is 5.69 Å². The molecule has 1 saturated heterocycles. The van der Waals surface area contributed by atoms with Gasteiger partial charge in [0.05, 0.1) is 14.8 Å². The molecule has 12 heteroatoms. The number of piperidine rings is 1. The molecule has 0 unspecified atom stereocenters. The largest absolute Gasteiger partial charge is 0.289 e. The number of thiazole rings is 1. The number of aryl methyl sites for hydroxylation is 2. The SMILES string of the molecule is Cc1ccc(C(=O)NNC(=O)c2csc(C3CCN(S(=O)(=O)c4ccc(C)c(Cl)c4)CC3)n2)s1. The lowest BCUT2D eigenvalue weighted by Crippen LogP contribution is -2.41. The highest BCUT2D eigenvalue weighted by Gasteiger charge is 2.31. The van der Waals surface area contributed by atoms with E-state index in [1.807, 2.05) is 19.9 Å². The van der Waals surface area contributed by atoms with E-state index in [-0.39, 0.29) is 22.4 Å². The minimum absolute atomic E-state index is 0.0586. The second-order valence-electron chi connectivity index (χ2n) is 7.98. The van der Waals surface area contributed by atoms with Gasteiger partial charge in [-0.05, 0) is 56.5 Å². The Hall–Kier alpha value is -2.31. The van der Waals surface area contributed by atoms with Gasteiger partial charge < -0.3 is 0 Å². The van der Waals surface area contributed by atoms with E-state index < -0.39 is 15.9 Å². The summed E-state index contributed by atoms with van der Waals surface area (Å²) in [6.07, 6.45) is 1.20. The molecule has 2 amide bonds. The molecule has 0 radical (unpaired) electrons. The fraction of sp³-hybridized carbons (Fsp3) is 0.318. The summed E-state index contributed by atoms with van der Waals surface area (Å²) in [4.78, 5) is 30.6. The van der Waals surface area contributed by atoms with Crippen LogP contribution in [0.3, 0.4) is 0 Å². The Bertz CT molecular complexity index is 1330. The lowest BCUT2D eigenvalue weighted by Gasteiger charge is -2.30. The van der Waals surface area contributed by atoms with Crippen molar-refractivity contribution < 1.29 is 18.0 Å². The van der Waals surface area contributed by atoms with E-state index >= 15 is 0 Å². The summed E-state index contributed by atoms with van der Waals surface area (Å²) < 4.78 is 27.4. The van der Waals surface area contributed by atoms with Crippen molar-refractivity contribution in [3.63, 3.8) is 0 Å². The number of hydrogen-bond donors (Lipinski definition) is 2. The molecule has 1 aliphatic heterocycles. The van der Waals surface area contributed by atoms with Crippen molar-refractivity contribution in [2.75, 3.05) is 13.1 Å². The number of benzene rings is 1. The molecule has 4 rings (SSSR count). The maximum atomic E-state index is 13.0. The van der Waals surface area contributed by atoms with E-state index in [1.54, 1.807) is 23.6 Å². The first kappa shape index (κ1) is 24.8. The summed E-state index contributed by atoms with van der Waals surface area (Å²) in [6.45, 7) is 4.44. The monoisotopic (exact) mass is 538 g/mol. The topological polar surface area (TPSA) is 108 Å². The van der Waals surface area contributed by atoms with E-state index in [1.165, 1.54) is 33.0 Å². The number of amides is 2. The van der Waals surface area contributed by atoms with E-state index in [9.17, 15) is 18.0 Å². The Morgan fingerprint density at radius 3 is 2.44 bits per heavy atom. The number of thiophene rings is 1. The number of carbonyl (C=O) groups excluding carboxylic acids is 2. The van der Waals surface area contributed by atoms with Crippen LogP contribution in [0, 0.1) is 13.8 Å². The van der Waals surface area contributed by atoms with E-state index in [0.29, 0.717) is 35.8 Å². The van der Waals surface area contributed by atoms with Crippen LogP contribution in [0.1, 0.15) is 54.4 Å². The zero-order valence-corrected chi connectivity index (χ0v) is 21.7. The lowest BCUT2D eigenvalue weighted by atomic mass is 9.99. The fourth-order valence-corrected chi connectivity index (χ4v) is 7.08. The van der Waals surface area contributed by atoms with Crippen LogP contribution in [0.15, 0.2) is 40.6 Å². The molecule has 1 fully saturated rings. The molecule has 1 aromatic carbocycles. The molecule has 8 nitrogen and oxygen atoms in total. The molecule has 3 heterocycles. The Labute approximate surface area is 211 Å². The lowest BCUT2D eigenvalue weighted by molar-refractivity contribution is 0.0846. The summed E-state index contributed by atoms with van der Waals surface area (Å²) in [5.41, 5.74) is 5.83. The second kappa shape index (κ2) is 10.1. The van der Waals surface area contributed by atoms with E-state index in [0.717, 1.165) is 15.4 Å². The predicted octanol–water partition coefficient (Wildman–Crippen LogP) is 4.12. The Morgan fingerprint density at radius 2 is 1.79 bits per heavy atom. The Kier molecular flexibility index (Phi) is 7.39. The van der Waals surface area contributed by atoms with Crippen LogP contribution >= 0.6 is 34.3 Å². The van der Waals surface area contributed by atoms with E-state index in [2.05, 4.69) is 15.8 Å². The van der Waals surface area contributed by atoms with Crippen molar-refractivity contribution in [3.05, 3.63) is 66.8 Å². The van der Waals surface area contributed by atoms with Crippen molar-refractivity contribution in [2.24, 2.45) is 0 Å². The van der Waals surface area contributed by atoms with Gasteiger partial charge in [-0.15, -0.1) is 22.7 Å². The second-order valence-corrected chi connectivity index (χ2v) is 12.5. The predicted molar refractivity (Wildman–Crippen MR) is 133 cm³/mol. The third kappa shape index (κ3) is 5.33. The molecule has 1 aliphatic rings. The molecule has 3 aromatic rings. The zero-order valence-electron chi connectivity index (χ0n) is 18.5. The number of hydrogen-bond acceptors (Lipinski definition) is 7. The molecule has 180 valence electrons. The van der Waals surface area contributed by atoms with Crippen LogP contribution < -0.4 is 10.9 Å². The molecule has 0 aliphatic carbocycles. The summed E-state index contributed by atoms with van der Waals surface area (Å²) in [6, 6.07) is 8.30. The number of hydrazine groups is 1. The van der Waals surface area contributed by atoms with E-state index in [4.69, 9.17) is 11.6 Å². The van der Waals surface area contributed by atoms with Crippen LogP contribution in [0.2, 0.25) is 5.02 Å². The van der Waals surface area contributed by atoms with Gasteiger partial charge in [-0.25, -0.2) is 13.4 Å². The maximum absolute atomic E-state index is 13.0.